The fourth-order valence-corrected chi connectivity index (χ4v) is 1.88. The summed E-state index contributed by atoms with van der Waals surface area (Å²) in [4.78, 5) is 3.33. The zero-order chi connectivity index (χ0) is 8.72. The van der Waals surface area contributed by atoms with Crippen LogP contribution in [-0.2, 0) is 0 Å². The van der Waals surface area contributed by atoms with E-state index in [1.807, 2.05) is 19.2 Å². The lowest BCUT2D eigenvalue weighted by atomic mass is 10.3. The minimum absolute atomic E-state index is 0. The Kier molecular flexibility index (Phi) is 3.06. The summed E-state index contributed by atoms with van der Waals surface area (Å²) in [7, 11) is 4.10. The number of alkyl halides is 1. The van der Waals surface area contributed by atoms with E-state index >= 15 is 0 Å². The van der Waals surface area contributed by atoms with Gasteiger partial charge in [-0.05, 0) is 17.7 Å². The smallest absolute Gasteiger partial charge is 0.246 e. The molecule has 2 unspecified atom stereocenters. The number of hydrogen-bond acceptors (Lipinski definition) is 1. The molecule has 72 valence electrons. The number of rotatable bonds is 0. The second-order valence-corrected chi connectivity index (χ2v) is 3.56. The zero-order valence-electron chi connectivity index (χ0n) is 7.59. The molecule has 13 heavy (non-hydrogen) atoms. The largest absolute Gasteiger partial charge is 1.00 e. The molecule has 2 rings (SSSR count). The second kappa shape index (κ2) is 3.74. The molecule has 0 saturated heterocycles. The third kappa shape index (κ3) is 1.50. The number of nitrogens with one attached hydrogen (secondary N) is 1. The summed E-state index contributed by atoms with van der Waals surface area (Å²) in [6.07, 6.45) is 0. The number of para-hydroxylation sites is 2. The first-order valence-corrected chi connectivity index (χ1v) is 4.45. The quantitative estimate of drug-likeness (QED) is 0.384. The van der Waals surface area contributed by atoms with Crippen molar-refractivity contribution in [2.24, 2.45) is 0 Å². The lowest BCUT2D eigenvalue weighted by Crippen LogP contribution is -3.07. The van der Waals surface area contributed by atoms with Gasteiger partial charge in [0.25, 0.3) is 0 Å². The van der Waals surface area contributed by atoms with Crippen LogP contribution in [0.2, 0.25) is 0 Å². The van der Waals surface area contributed by atoms with E-state index in [-0.39, 0.29) is 18.0 Å². The molecule has 2 atom stereocenters. The van der Waals surface area contributed by atoms with Crippen molar-refractivity contribution in [2.75, 3.05) is 19.0 Å². The molecule has 0 aromatic heterocycles. The first-order valence-electron chi connectivity index (χ1n) is 4.01. The second-order valence-electron chi connectivity index (χ2n) is 3.15. The maximum Gasteiger partial charge on any atom is 0.246 e. The van der Waals surface area contributed by atoms with Crippen molar-refractivity contribution >= 4 is 23.0 Å². The van der Waals surface area contributed by atoms with Gasteiger partial charge < -0.3 is 17.3 Å². The van der Waals surface area contributed by atoms with E-state index in [1.54, 1.807) is 0 Å². The molecule has 1 heterocycles. The molecule has 0 saturated carbocycles. The summed E-state index contributed by atoms with van der Waals surface area (Å²) >= 11 is 6.17. The predicted molar refractivity (Wildman–Crippen MR) is 51.0 cm³/mol. The van der Waals surface area contributed by atoms with E-state index in [0.29, 0.717) is 0 Å². The molecule has 0 bridgehead atoms. The number of hydrogen-bond donors (Lipinski definition) is 1. The van der Waals surface area contributed by atoms with Crippen LogP contribution in [0.5, 0.6) is 0 Å². The number of fused-ring (bicyclic) bond motifs is 1. The highest BCUT2D eigenvalue weighted by atomic mass is 35.5. The van der Waals surface area contributed by atoms with Crippen LogP contribution in [0.15, 0.2) is 24.3 Å². The molecule has 0 aliphatic carbocycles. The van der Waals surface area contributed by atoms with Crippen LogP contribution < -0.4 is 22.2 Å². The van der Waals surface area contributed by atoms with E-state index in [1.165, 1.54) is 16.3 Å². The van der Waals surface area contributed by atoms with E-state index in [0.717, 1.165) is 0 Å². The van der Waals surface area contributed by atoms with E-state index in [9.17, 15) is 0 Å². The molecule has 1 aliphatic heterocycles. The van der Waals surface area contributed by atoms with Crippen molar-refractivity contribution in [1.29, 1.82) is 0 Å². The summed E-state index contributed by atoms with van der Waals surface area (Å²) in [6.45, 7) is 0. The summed E-state index contributed by atoms with van der Waals surface area (Å²) in [5.41, 5.74) is 2.54. The summed E-state index contributed by atoms with van der Waals surface area (Å²) in [6, 6.07) is 8.30. The van der Waals surface area contributed by atoms with Gasteiger partial charge in [-0.2, -0.15) is 0 Å². The van der Waals surface area contributed by atoms with Crippen LogP contribution in [0.1, 0.15) is 0 Å². The molecule has 1 N–H and O–H groups in total. The Morgan fingerprint density at radius 3 is 2.62 bits per heavy atom. The van der Waals surface area contributed by atoms with Gasteiger partial charge in [0.1, 0.15) is 5.69 Å². The topological polar surface area (TPSA) is 7.68 Å². The number of halogens is 2. The Morgan fingerprint density at radius 1 is 1.38 bits per heavy atom. The van der Waals surface area contributed by atoms with E-state index in [2.05, 4.69) is 24.1 Å². The van der Waals surface area contributed by atoms with Gasteiger partial charge in [0.15, 0.2) is 5.69 Å². The average molecular weight is 219 g/mol. The highest BCUT2D eigenvalue weighted by Crippen LogP contribution is 2.27. The van der Waals surface area contributed by atoms with Crippen molar-refractivity contribution in [3.8, 4) is 0 Å². The van der Waals surface area contributed by atoms with Gasteiger partial charge in [0.2, 0.25) is 5.62 Å². The van der Waals surface area contributed by atoms with Gasteiger partial charge in [0, 0.05) is 13.1 Å². The normalized spacial score (nSPS) is 25.3. The number of benzene rings is 1. The Labute approximate surface area is 89.5 Å². The molecule has 0 amide bonds. The summed E-state index contributed by atoms with van der Waals surface area (Å²) < 4.78 is 0. The molecular weight excluding hydrogens is 207 g/mol. The highest BCUT2D eigenvalue weighted by Gasteiger charge is 2.33. The van der Waals surface area contributed by atoms with E-state index < -0.39 is 0 Å². The Balaban J connectivity index is 0.000000845. The minimum atomic E-state index is 0. The monoisotopic (exact) mass is 218 g/mol. The maximum absolute atomic E-state index is 6.17. The van der Waals surface area contributed by atoms with Gasteiger partial charge in [-0.1, -0.05) is 12.1 Å². The van der Waals surface area contributed by atoms with Crippen molar-refractivity contribution in [3.05, 3.63) is 24.3 Å². The Hall–Kier alpha value is -0.440. The standard InChI is InChI=1S/C9H11ClN2.ClH/c1-11-7-5-3-4-6-8(7)12(2)9(11)10;/h3-6,9H,1-2H3;1H. The maximum atomic E-state index is 6.17. The Bertz CT molecular complexity index is 274. The molecule has 0 fully saturated rings. The molecule has 2 nitrogen and oxygen atoms in total. The minimum Gasteiger partial charge on any atom is -1.00 e. The number of quaternary nitrogens is 1. The van der Waals surface area contributed by atoms with Crippen molar-refractivity contribution in [3.63, 3.8) is 0 Å². The van der Waals surface area contributed by atoms with Crippen LogP contribution in [0, 0.1) is 0 Å². The zero-order valence-corrected chi connectivity index (χ0v) is 9.10. The molecule has 1 aliphatic rings. The lowest BCUT2D eigenvalue weighted by molar-refractivity contribution is -0.816. The Morgan fingerprint density at radius 2 is 2.00 bits per heavy atom. The number of anilines is 1. The molecule has 1 aromatic rings. The van der Waals surface area contributed by atoms with Gasteiger partial charge in [-0.25, -0.2) is 0 Å². The van der Waals surface area contributed by atoms with Crippen LogP contribution in [0.25, 0.3) is 0 Å². The van der Waals surface area contributed by atoms with Crippen LogP contribution in [0.4, 0.5) is 11.4 Å². The van der Waals surface area contributed by atoms with Gasteiger partial charge in [-0.3, -0.25) is 4.90 Å². The van der Waals surface area contributed by atoms with Crippen molar-refractivity contribution in [2.45, 2.75) is 5.62 Å². The molecular formula is C9H12Cl2N2. The SMILES string of the molecule is CN1c2ccccc2[NH+](C)C1Cl.[Cl-]. The average Bonchev–Trinajstić information content (AvgIpc) is 2.33. The summed E-state index contributed by atoms with van der Waals surface area (Å²) in [5.74, 6) is 0. The molecule has 0 spiro atoms. The van der Waals surface area contributed by atoms with Crippen LogP contribution in [0.3, 0.4) is 0 Å². The third-order valence-electron chi connectivity index (χ3n) is 2.41. The number of nitrogens with zero attached hydrogens (tertiary/aromatic N) is 1. The first-order chi connectivity index (χ1) is 5.72. The molecule has 0 radical (unpaired) electrons. The fraction of sp³-hybridized carbons (Fsp3) is 0.333. The summed E-state index contributed by atoms with van der Waals surface area (Å²) in [5, 5.41) is 0. The van der Waals surface area contributed by atoms with Gasteiger partial charge >= 0.3 is 0 Å². The first kappa shape index (κ1) is 10.6. The van der Waals surface area contributed by atoms with Gasteiger partial charge in [0.05, 0.1) is 7.05 Å². The lowest BCUT2D eigenvalue weighted by Gasteiger charge is -2.15. The van der Waals surface area contributed by atoms with Crippen LogP contribution in [-0.4, -0.2) is 19.7 Å². The molecule has 4 heteroatoms. The highest BCUT2D eigenvalue weighted by molar-refractivity contribution is 6.21. The van der Waals surface area contributed by atoms with Crippen molar-refractivity contribution in [1.82, 2.24) is 0 Å². The predicted octanol–water partition coefficient (Wildman–Crippen LogP) is -2.19. The van der Waals surface area contributed by atoms with Gasteiger partial charge in [-0.15, -0.1) is 0 Å². The molecule has 1 aromatic carbocycles. The fourth-order valence-electron chi connectivity index (χ4n) is 1.66. The van der Waals surface area contributed by atoms with Crippen molar-refractivity contribution < 1.29 is 17.3 Å². The van der Waals surface area contributed by atoms with E-state index in [4.69, 9.17) is 11.6 Å². The third-order valence-corrected chi connectivity index (χ3v) is 3.03. The van der Waals surface area contributed by atoms with Crippen LogP contribution >= 0.6 is 11.6 Å².